The van der Waals surface area contributed by atoms with Gasteiger partial charge in [0.05, 0.1) is 30.9 Å². The highest BCUT2D eigenvalue weighted by molar-refractivity contribution is 5.50. The SMILES string of the molecule is COc1cc(Cc2cc(=O)n3n(c2=O)C(c2ccc(F)cc2)CCC3)ccc1-n1cnc(C)c1. The van der Waals surface area contributed by atoms with E-state index in [-0.39, 0.29) is 23.0 Å². The second kappa shape index (κ2) is 8.78. The minimum Gasteiger partial charge on any atom is -0.495 e. The van der Waals surface area contributed by atoms with Gasteiger partial charge in [-0.25, -0.2) is 18.7 Å². The summed E-state index contributed by atoms with van der Waals surface area (Å²) in [5.41, 5.74) is 3.41. The topological polar surface area (TPSA) is 71.0 Å². The molecule has 0 amide bonds. The van der Waals surface area contributed by atoms with Crippen LogP contribution < -0.4 is 15.9 Å². The van der Waals surface area contributed by atoms with Crippen LogP contribution in [0.25, 0.3) is 5.69 Å². The Hall–Kier alpha value is -3.94. The number of hydrogen-bond donors (Lipinski definition) is 0. The zero-order valence-corrected chi connectivity index (χ0v) is 19.1. The predicted octanol–water partition coefficient (Wildman–Crippen LogP) is 3.63. The van der Waals surface area contributed by atoms with Gasteiger partial charge in [-0.2, -0.15) is 0 Å². The molecule has 7 nitrogen and oxygen atoms in total. The third-order valence-electron chi connectivity index (χ3n) is 6.32. The Morgan fingerprint density at radius 1 is 1.12 bits per heavy atom. The first-order valence-electron chi connectivity index (χ1n) is 11.2. The Morgan fingerprint density at radius 3 is 2.62 bits per heavy atom. The average molecular weight is 461 g/mol. The summed E-state index contributed by atoms with van der Waals surface area (Å²) >= 11 is 0. The van der Waals surface area contributed by atoms with E-state index in [0.29, 0.717) is 30.7 Å². The van der Waals surface area contributed by atoms with Crippen molar-refractivity contribution in [1.29, 1.82) is 0 Å². The molecule has 0 N–H and O–H groups in total. The molecule has 2 aromatic heterocycles. The van der Waals surface area contributed by atoms with E-state index < -0.39 is 0 Å². The smallest absolute Gasteiger partial charge is 0.269 e. The molecule has 0 spiro atoms. The highest BCUT2D eigenvalue weighted by Gasteiger charge is 2.25. The van der Waals surface area contributed by atoms with Gasteiger partial charge < -0.3 is 9.30 Å². The second-order valence-electron chi connectivity index (χ2n) is 8.60. The molecule has 1 atom stereocenters. The monoisotopic (exact) mass is 460 g/mol. The van der Waals surface area contributed by atoms with Crippen molar-refractivity contribution >= 4 is 0 Å². The molecule has 8 heteroatoms. The van der Waals surface area contributed by atoms with Crippen molar-refractivity contribution in [2.75, 3.05) is 7.11 Å². The number of hydrogen-bond acceptors (Lipinski definition) is 4. The van der Waals surface area contributed by atoms with Crippen LogP contribution >= 0.6 is 0 Å². The number of halogens is 1. The maximum atomic E-state index is 13.6. The third-order valence-corrected chi connectivity index (χ3v) is 6.32. The molecule has 174 valence electrons. The molecule has 1 aliphatic heterocycles. The summed E-state index contributed by atoms with van der Waals surface area (Å²) in [5, 5.41) is 0. The van der Waals surface area contributed by atoms with Gasteiger partial charge in [0.2, 0.25) is 0 Å². The first kappa shape index (κ1) is 21.9. The third kappa shape index (κ3) is 3.96. The Morgan fingerprint density at radius 2 is 1.91 bits per heavy atom. The zero-order chi connectivity index (χ0) is 23.8. The summed E-state index contributed by atoms with van der Waals surface area (Å²) in [6.07, 6.45) is 5.40. The van der Waals surface area contributed by atoms with Crippen LogP contribution in [0.1, 0.15) is 41.3 Å². The molecular weight excluding hydrogens is 435 g/mol. The summed E-state index contributed by atoms with van der Waals surface area (Å²) in [4.78, 5) is 30.7. The van der Waals surface area contributed by atoms with E-state index in [1.165, 1.54) is 22.9 Å². The van der Waals surface area contributed by atoms with E-state index in [9.17, 15) is 14.0 Å². The minimum atomic E-state index is -0.332. The molecule has 0 aliphatic carbocycles. The predicted molar refractivity (Wildman–Crippen MR) is 126 cm³/mol. The second-order valence-corrected chi connectivity index (χ2v) is 8.60. The van der Waals surface area contributed by atoms with Crippen LogP contribution in [0.15, 0.2) is 70.6 Å². The number of aromatic nitrogens is 4. The molecule has 0 radical (unpaired) electrons. The van der Waals surface area contributed by atoms with Gasteiger partial charge in [0.25, 0.3) is 11.1 Å². The molecule has 34 heavy (non-hydrogen) atoms. The fourth-order valence-corrected chi connectivity index (χ4v) is 4.67. The fourth-order valence-electron chi connectivity index (χ4n) is 4.67. The Bertz CT molecular complexity index is 1470. The number of nitrogens with zero attached hydrogens (tertiary/aromatic N) is 4. The normalized spacial score (nSPS) is 15.2. The standard InChI is InChI=1S/C26H25FN4O3/c1-17-15-29(16-28-17)23-10-5-18(13-24(23)34-2)12-20-14-25(32)30-11-3-4-22(31(30)26(20)33)19-6-8-21(27)9-7-19/h5-10,13-16,22H,3-4,11-12H2,1-2H3. The number of imidazole rings is 1. The zero-order valence-electron chi connectivity index (χ0n) is 19.1. The maximum Gasteiger partial charge on any atom is 0.269 e. The summed E-state index contributed by atoms with van der Waals surface area (Å²) in [5.74, 6) is 0.315. The van der Waals surface area contributed by atoms with Gasteiger partial charge in [0.1, 0.15) is 11.6 Å². The Balaban J connectivity index is 1.54. The molecule has 4 aromatic rings. The lowest BCUT2D eigenvalue weighted by molar-refractivity contribution is 0.289. The van der Waals surface area contributed by atoms with Crippen molar-refractivity contribution in [1.82, 2.24) is 18.9 Å². The molecular formula is C26H25FN4O3. The van der Waals surface area contributed by atoms with Gasteiger partial charge in [-0.3, -0.25) is 9.59 Å². The molecule has 2 aromatic carbocycles. The summed E-state index contributed by atoms with van der Waals surface area (Å²) in [6, 6.07) is 13.0. The van der Waals surface area contributed by atoms with Crippen molar-refractivity contribution < 1.29 is 9.13 Å². The number of fused-ring (bicyclic) bond motifs is 1. The molecule has 0 fully saturated rings. The quantitative estimate of drug-likeness (QED) is 0.456. The van der Waals surface area contributed by atoms with Crippen LogP contribution in [0, 0.1) is 12.7 Å². The largest absolute Gasteiger partial charge is 0.495 e. The van der Waals surface area contributed by atoms with Crippen molar-refractivity contribution in [3.05, 3.63) is 110 Å². The molecule has 5 rings (SSSR count). The van der Waals surface area contributed by atoms with Crippen LogP contribution in [-0.2, 0) is 13.0 Å². The van der Waals surface area contributed by atoms with E-state index in [2.05, 4.69) is 4.98 Å². The number of aryl methyl sites for hydroxylation is 1. The summed E-state index contributed by atoms with van der Waals surface area (Å²) in [7, 11) is 1.60. The number of ether oxygens (including phenoxy) is 1. The summed E-state index contributed by atoms with van der Waals surface area (Å²) in [6.45, 7) is 2.40. The van der Waals surface area contributed by atoms with Crippen molar-refractivity contribution in [3.63, 3.8) is 0 Å². The minimum absolute atomic E-state index is 0.207. The first-order chi connectivity index (χ1) is 16.4. The van der Waals surface area contributed by atoms with Crippen molar-refractivity contribution in [3.8, 4) is 11.4 Å². The molecule has 0 saturated heterocycles. The fraction of sp³-hybridized carbons (Fsp3) is 0.269. The lowest BCUT2D eigenvalue weighted by Gasteiger charge is -2.29. The number of benzene rings is 2. The van der Waals surface area contributed by atoms with E-state index in [1.54, 1.807) is 30.3 Å². The maximum absolute atomic E-state index is 13.6. The van der Waals surface area contributed by atoms with Gasteiger partial charge in [0.15, 0.2) is 0 Å². The number of rotatable bonds is 5. The Kier molecular flexibility index (Phi) is 5.65. The molecule has 1 aliphatic rings. The van der Waals surface area contributed by atoms with Gasteiger partial charge in [-0.1, -0.05) is 18.2 Å². The van der Waals surface area contributed by atoms with Crippen LogP contribution in [0.5, 0.6) is 5.75 Å². The molecule has 0 saturated carbocycles. The van der Waals surface area contributed by atoms with Crippen LogP contribution in [0.4, 0.5) is 4.39 Å². The average Bonchev–Trinajstić information content (AvgIpc) is 3.28. The van der Waals surface area contributed by atoms with Crippen LogP contribution in [0.2, 0.25) is 0 Å². The van der Waals surface area contributed by atoms with E-state index >= 15 is 0 Å². The molecule has 3 heterocycles. The van der Waals surface area contributed by atoms with Crippen LogP contribution in [-0.4, -0.2) is 26.0 Å². The van der Waals surface area contributed by atoms with E-state index in [1.807, 2.05) is 35.9 Å². The number of methoxy groups -OCH3 is 1. The van der Waals surface area contributed by atoms with Crippen molar-refractivity contribution in [2.45, 2.75) is 38.8 Å². The lowest BCUT2D eigenvalue weighted by atomic mass is 9.99. The first-order valence-corrected chi connectivity index (χ1v) is 11.2. The highest BCUT2D eigenvalue weighted by Crippen LogP contribution is 2.27. The van der Waals surface area contributed by atoms with Crippen molar-refractivity contribution in [2.24, 2.45) is 0 Å². The molecule has 0 bridgehead atoms. The summed E-state index contributed by atoms with van der Waals surface area (Å²) < 4.78 is 24.0. The lowest BCUT2D eigenvalue weighted by Crippen LogP contribution is -2.45. The van der Waals surface area contributed by atoms with Crippen LogP contribution in [0.3, 0.4) is 0 Å². The molecule has 1 unspecified atom stereocenters. The van der Waals surface area contributed by atoms with Gasteiger partial charge in [-0.05, 0) is 55.2 Å². The Labute approximate surface area is 195 Å². The van der Waals surface area contributed by atoms with Gasteiger partial charge in [-0.15, -0.1) is 0 Å². The van der Waals surface area contributed by atoms with E-state index in [0.717, 1.165) is 28.9 Å². The highest BCUT2D eigenvalue weighted by atomic mass is 19.1. The van der Waals surface area contributed by atoms with E-state index in [4.69, 9.17) is 4.74 Å². The van der Waals surface area contributed by atoms with Gasteiger partial charge >= 0.3 is 0 Å². The van der Waals surface area contributed by atoms with Gasteiger partial charge in [0, 0.05) is 30.8 Å².